The van der Waals surface area contributed by atoms with Crippen molar-refractivity contribution in [2.45, 2.75) is 52.6 Å². The van der Waals surface area contributed by atoms with Gasteiger partial charge in [-0.25, -0.2) is 4.79 Å². The third-order valence-corrected chi connectivity index (χ3v) is 7.07. The highest BCUT2D eigenvalue weighted by molar-refractivity contribution is 5.72. The topological polar surface area (TPSA) is 64.1 Å². The molecule has 0 saturated carbocycles. The summed E-state index contributed by atoms with van der Waals surface area (Å²) in [6.45, 7) is 10.6. The highest BCUT2D eigenvalue weighted by atomic mass is 16.6. The molecule has 7 heteroatoms. The highest BCUT2D eigenvalue weighted by Crippen LogP contribution is 2.33. The van der Waals surface area contributed by atoms with Gasteiger partial charge in [-0.05, 0) is 62.6 Å². The molecule has 1 amide bonds. The normalized spacial score (nSPS) is 15.3. The second-order valence-electron chi connectivity index (χ2n) is 11.6. The number of hydrogen-bond acceptors (Lipinski definition) is 6. The molecule has 1 saturated heterocycles. The Hall–Kier alpha value is -4.52. The van der Waals surface area contributed by atoms with Crippen molar-refractivity contribution < 1.29 is 19.0 Å². The summed E-state index contributed by atoms with van der Waals surface area (Å²) in [5.74, 6) is 1.04. The molecule has 1 aliphatic heterocycles. The van der Waals surface area contributed by atoms with E-state index < -0.39 is 5.60 Å². The van der Waals surface area contributed by atoms with Gasteiger partial charge in [-0.3, -0.25) is 0 Å². The van der Waals surface area contributed by atoms with E-state index in [4.69, 9.17) is 19.2 Å². The lowest BCUT2D eigenvalue weighted by atomic mass is 10.1. The lowest BCUT2D eigenvalue weighted by molar-refractivity contribution is 0.0219. The summed E-state index contributed by atoms with van der Waals surface area (Å²) in [6.07, 6.45) is -0.254. The number of pyridine rings is 1. The lowest BCUT2D eigenvalue weighted by Crippen LogP contribution is -2.54. The van der Waals surface area contributed by atoms with Crippen LogP contribution in [-0.4, -0.2) is 47.3 Å². The summed E-state index contributed by atoms with van der Waals surface area (Å²) in [6, 6.07) is 32.6. The molecule has 1 fully saturated rings. The van der Waals surface area contributed by atoms with Crippen molar-refractivity contribution >= 4 is 11.8 Å². The Balaban J connectivity index is 1.31. The molecule has 1 atom stereocenters. The molecule has 2 heterocycles. The standard InChI is InChI=1S/C35H39N3O4/c1-26-23-37(34(39)42-35(2,3)4)21-22-38(26)30-17-15-29(16-18-30)31-19-20-32(40-24-27-11-7-5-8-12-27)36-33(31)41-25-28-13-9-6-10-14-28/h5-20,26H,21-25H2,1-4H3/t26-/m0/s1. The minimum atomic E-state index is -0.502. The van der Waals surface area contributed by atoms with Crippen LogP contribution in [0.4, 0.5) is 10.5 Å². The third kappa shape index (κ3) is 7.60. The van der Waals surface area contributed by atoms with Gasteiger partial charge in [-0.15, -0.1) is 0 Å². The van der Waals surface area contributed by atoms with Crippen LogP contribution >= 0.6 is 0 Å². The maximum Gasteiger partial charge on any atom is 0.410 e. The molecule has 42 heavy (non-hydrogen) atoms. The molecule has 1 aliphatic rings. The van der Waals surface area contributed by atoms with Gasteiger partial charge in [0.2, 0.25) is 11.8 Å². The van der Waals surface area contributed by atoms with Crippen LogP contribution < -0.4 is 14.4 Å². The Labute approximate surface area is 248 Å². The van der Waals surface area contributed by atoms with E-state index in [9.17, 15) is 4.79 Å². The van der Waals surface area contributed by atoms with Crippen LogP contribution in [0.25, 0.3) is 11.1 Å². The second-order valence-corrected chi connectivity index (χ2v) is 11.6. The Kier molecular flexibility index (Phi) is 8.96. The van der Waals surface area contributed by atoms with Crippen LogP contribution in [0.2, 0.25) is 0 Å². The van der Waals surface area contributed by atoms with Gasteiger partial charge in [0.25, 0.3) is 0 Å². The summed E-state index contributed by atoms with van der Waals surface area (Å²) >= 11 is 0. The van der Waals surface area contributed by atoms with E-state index in [0.29, 0.717) is 38.1 Å². The SMILES string of the molecule is C[C@H]1CN(C(=O)OC(C)(C)C)CCN1c1ccc(-c2ccc(OCc3ccccc3)nc2OCc2ccccc2)cc1. The smallest absolute Gasteiger partial charge is 0.410 e. The number of rotatable bonds is 8. The number of anilines is 1. The number of piperazine rings is 1. The minimum absolute atomic E-state index is 0.157. The van der Waals surface area contributed by atoms with Crippen LogP contribution in [-0.2, 0) is 18.0 Å². The number of benzene rings is 3. The van der Waals surface area contributed by atoms with E-state index in [0.717, 1.165) is 34.5 Å². The minimum Gasteiger partial charge on any atom is -0.473 e. The van der Waals surface area contributed by atoms with Gasteiger partial charge in [0.1, 0.15) is 18.8 Å². The average Bonchev–Trinajstić information content (AvgIpc) is 2.99. The van der Waals surface area contributed by atoms with Crippen molar-refractivity contribution in [2.75, 3.05) is 24.5 Å². The number of aromatic nitrogens is 1. The first kappa shape index (κ1) is 29.0. The van der Waals surface area contributed by atoms with Crippen molar-refractivity contribution in [3.8, 4) is 22.9 Å². The van der Waals surface area contributed by atoms with E-state index in [-0.39, 0.29) is 12.1 Å². The number of carbonyl (C=O) groups is 1. The van der Waals surface area contributed by atoms with Gasteiger partial charge < -0.3 is 24.0 Å². The largest absolute Gasteiger partial charge is 0.473 e. The number of carbonyl (C=O) groups excluding carboxylic acids is 1. The fraction of sp³-hybridized carbons (Fsp3) is 0.314. The van der Waals surface area contributed by atoms with Crippen molar-refractivity contribution in [1.29, 1.82) is 0 Å². The van der Waals surface area contributed by atoms with Crippen molar-refractivity contribution in [2.24, 2.45) is 0 Å². The fourth-order valence-corrected chi connectivity index (χ4v) is 4.96. The van der Waals surface area contributed by atoms with Crippen LogP contribution in [0.15, 0.2) is 97.1 Å². The van der Waals surface area contributed by atoms with Crippen molar-refractivity contribution in [1.82, 2.24) is 9.88 Å². The van der Waals surface area contributed by atoms with E-state index in [1.165, 1.54) is 0 Å². The Morgan fingerprint density at radius 2 is 1.43 bits per heavy atom. The summed E-state index contributed by atoms with van der Waals surface area (Å²) in [5.41, 5.74) is 4.65. The number of nitrogens with zero attached hydrogens (tertiary/aromatic N) is 3. The molecule has 0 aliphatic carbocycles. The van der Waals surface area contributed by atoms with Gasteiger partial charge in [0, 0.05) is 43.0 Å². The summed E-state index contributed by atoms with van der Waals surface area (Å²) in [4.78, 5) is 21.5. The molecule has 3 aromatic carbocycles. The van der Waals surface area contributed by atoms with Crippen LogP contribution in [0.3, 0.4) is 0 Å². The predicted molar refractivity (Wildman–Crippen MR) is 166 cm³/mol. The van der Waals surface area contributed by atoms with Crippen molar-refractivity contribution in [3.05, 3.63) is 108 Å². The van der Waals surface area contributed by atoms with Crippen molar-refractivity contribution in [3.63, 3.8) is 0 Å². The zero-order chi connectivity index (χ0) is 29.5. The summed E-state index contributed by atoms with van der Waals surface area (Å²) in [5, 5.41) is 0. The molecule has 0 unspecified atom stereocenters. The Bertz CT molecular complexity index is 1450. The molecule has 7 nitrogen and oxygen atoms in total. The monoisotopic (exact) mass is 565 g/mol. The molecule has 0 bridgehead atoms. The Morgan fingerprint density at radius 1 is 0.810 bits per heavy atom. The van der Waals surface area contributed by atoms with E-state index in [1.54, 1.807) is 4.90 Å². The van der Waals surface area contributed by atoms with Gasteiger partial charge in [-0.1, -0.05) is 72.8 Å². The highest BCUT2D eigenvalue weighted by Gasteiger charge is 2.30. The molecule has 1 aromatic heterocycles. The summed E-state index contributed by atoms with van der Waals surface area (Å²) in [7, 11) is 0. The molecule has 5 rings (SSSR count). The number of ether oxygens (including phenoxy) is 3. The van der Waals surface area contributed by atoms with E-state index in [2.05, 4.69) is 36.1 Å². The van der Waals surface area contributed by atoms with Gasteiger partial charge in [0.15, 0.2) is 0 Å². The van der Waals surface area contributed by atoms with E-state index in [1.807, 2.05) is 93.6 Å². The van der Waals surface area contributed by atoms with Crippen LogP contribution in [0.5, 0.6) is 11.8 Å². The van der Waals surface area contributed by atoms with Crippen LogP contribution in [0.1, 0.15) is 38.8 Å². The number of amides is 1. The zero-order valence-corrected chi connectivity index (χ0v) is 24.8. The fourth-order valence-electron chi connectivity index (χ4n) is 4.96. The zero-order valence-electron chi connectivity index (χ0n) is 24.8. The molecule has 218 valence electrons. The molecule has 0 N–H and O–H groups in total. The van der Waals surface area contributed by atoms with Gasteiger partial charge >= 0.3 is 6.09 Å². The molecule has 0 radical (unpaired) electrons. The first-order chi connectivity index (χ1) is 20.2. The summed E-state index contributed by atoms with van der Waals surface area (Å²) < 4.78 is 17.8. The average molecular weight is 566 g/mol. The molecule has 4 aromatic rings. The molecular formula is C35H39N3O4. The Morgan fingerprint density at radius 3 is 2.02 bits per heavy atom. The maximum atomic E-state index is 12.6. The van der Waals surface area contributed by atoms with Gasteiger partial charge in [0.05, 0.1) is 0 Å². The number of hydrogen-bond donors (Lipinski definition) is 0. The first-order valence-corrected chi connectivity index (χ1v) is 14.4. The first-order valence-electron chi connectivity index (χ1n) is 14.4. The van der Waals surface area contributed by atoms with E-state index >= 15 is 0 Å². The quantitative estimate of drug-likeness (QED) is 0.223. The van der Waals surface area contributed by atoms with Crippen LogP contribution in [0, 0.1) is 0 Å². The second kappa shape index (κ2) is 13.0. The predicted octanol–water partition coefficient (Wildman–Crippen LogP) is 7.35. The molecular weight excluding hydrogens is 526 g/mol. The maximum absolute atomic E-state index is 12.6. The van der Waals surface area contributed by atoms with Gasteiger partial charge in [-0.2, -0.15) is 4.98 Å². The molecule has 0 spiro atoms. The third-order valence-electron chi connectivity index (χ3n) is 7.07. The lowest BCUT2D eigenvalue weighted by Gasteiger charge is -2.41.